The number of carbonyl (C=O) groups excluding carboxylic acids is 6. The average molecular weight is 838 g/mol. The number of rotatable bonds is 9. The molecule has 3 amide bonds. The van der Waals surface area contributed by atoms with Crippen molar-refractivity contribution in [1.29, 1.82) is 0 Å². The number of hydrogen-bond acceptors (Lipinski definition) is 9. The zero-order valence-corrected chi connectivity index (χ0v) is 35.4. The molecule has 1 saturated heterocycles. The first-order valence-electron chi connectivity index (χ1n) is 19.8. The van der Waals surface area contributed by atoms with Gasteiger partial charge in [0.2, 0.25) is 0 Å². The van der Waals surface area contributed by atoms with Crippen molar-refractivity contribution in [2.75, 3.05) is 21.1 Å². The number of cyclic esters (lactones) is 3. The number of ether oxygens (including phenoxy) is 3. The fraction of sp³-hybridized carbons (Fsp3) is 0.467. The molecule has 0 saturated carbocycles. The van der Waals surface area contributed by atoms with Gasteiger partial charge >= 0.3 is 17.9 Å². The number of amides is 3. The zero-order valence-electron chi connectivity index (χ0n) is 35.4. The van der Waals surface area contributed by atoms with E-state index in [1.165, 1.54) is 93.9 Å². The summed E-state index contributed by atoms with van der Waals surface area (Å²) >= 11 is 0. The second-order valence-electron chi connectivity index (χ2n) is 16.2. The minimum atomic E-state index is -1.54. The molecule has 1 heterocycles. The number of nitrogens with zero attached hydrogens (tertiary/aromatic N) is 3. The van der Waals surface area contributed by atoms with Gasteiger partial charge in [0.15, 0.2) is 18.3 Å². The number of likely N-dealkylation sites (N-methyl/N-ethyl adjacent to an activating group) is 3. The smallest absolute Gasteiger partial charge is 0.329 e. The lowest BCUT2D eigenvalue weighted by Gasteiger charge is -2.37. The minimum absolute atomic E-state index is 0.281. The van der Waals surface area contributed by atoms with Crippen LogP contribution < -0.4 is 0 Å². The monoisotopic (exact) mass is 837 g/mol. The molecule has 324 valence electrons. The Morgan fingerprint density at radius 3 is 0.883 bits per heavy atom. The number of benzene rings is 3. The van der Waals surface area contributed by atoms with Crippen molar-refractivity contribution < 1.29 is 56.1 Å². The van der Waals surface area contributed by atoms with Gasteiger partial charge in [-0.1, -0.05) is 77.9 Å². The van der Waals surface area contributed by atoms with Crippen molar-refractivity contribution in [2.45, 2.75) is 97.2 Å². The Labute approximate surface area is 348 Å². The van der Waals surface area contributed by atoms with E-state index in [1.54, 1.807) is 41.5 Å². The van der Waals surface area contributed by atoms with Crippen LogP contribution in [0.1, 0.15) is 58.2 Å². The molecule has 3 aromatic rings. The number of halogens is 3. The molecule has 3 aromatic carbocycles. The quantitative estimate of drug-likeness (QED) is 0.207. The summed E-state index contributed by atoms with van der Waals surface area (Å²) in [5, 5.41) is 0. The summed E-state index contributed by atoms with van der Waals surface area (Å²) in [5.41, 5.74) is 0.901. The third-order valence-electron chi connectivity index (χ3n) is 10.5. The maximum Gasteiger partial charge on any atom is 0.329 e. The summed E-state index contributed by atoms with van der Waals surface area (Å²) in [4.78, 5) is 89.2. The Balaban J connectivity index is 1.91. The lowest BCUT2D eigenvalue weighted by atomic mass is 9.99. The second-order valence-corrected chi connectivity index (χ2v) is 16.2. The minimum Gasteiger partial charge on any atom is -0.450 e. The van der Waals surface area contributed by atoms with Crippen LogP contribution in [0.3, 0.4) is 0 Å². The highest BCUT2D eigenvalue weighted by Gasteiger charge is 2.44. The lowest BCUT2D eigenvalue weighted by molar-refractivity contribution is -0.179. The van der Waals surface area contributed by atoms with Gasteiger partial charge in [0.1, 0.15) is 35.6 Å². The van der Waals surface area contributed by atoms with E-state index >= 15 is 0 Å². The highest BCUT2D eigenvalue weighted by Crippen LogP contribution is 2.24. The summed E-state index contributed by atoms with van der Waals surface area (Å²) in [5.74, 6) is -9.62. The highest BCUT2D eigenvalue weighted by atomic mass is 19.1. The Kier molecular flexibility index (Phi) is 16.0. The van der Waals surface area contributed by atoms with Crippen LogP contribution in [0.4, 0.5) is 13.2 Å². The molecule has 1 aliphatic heterocycles. The Morgan fingerprint density at radius 2 is 0.683 bits per heavy atom. The molecular formula is C45H54F3N3O9. The fourth-order valence-electron chi connectivity index (χ4n) is 6.89. The van der Waals surface area contributed by atoms with Gasteiger partial charge in [0.05, 0.1) is 0 Å². The number of hydrogen-bond donors (Lipinski definition) is 0. The fourth-order valence-corrected chi connectivity index (χ4v) is 6.89. The van der Waals surface area contributed by atoms with Gasteiger partial charge in [-0.15, -0.1) is 0 Å². The number of carbonyl (C=O) groups is 6. The van der Waals surface area contributed by atoms with Gasteiger partial charge in [0, 0.05) is 40.4 Å². The SMILES string of the molecule is CC(C)C1OC(=O)C(Cc2cccc(F)c2)N(C)C(=O)C(C(C)C)OC(=O)C(Cc2cccc(F)c2)N(C)C(=O)C(C(C)C)OC(=O)C(Cc2cccc(F)c2)N(C)C1=O. The maximum atomic E-state index is 14.4. The Hall–Kier alpha value is -5.73. The zero-order chi connectivity index (χ0) is 44.6. The summed E-state index contributed by atoms with van der Waals surface area (Å²) < 4.78 is 61.0. The molecule has 1 aliphatic rings. The van der Waals surface area contributed by atoms with Gasteiger partial charge < -0.3 is 28.9 Å². The lowest BCUT2D eigenvalue weighted by Crippen LogP contribution is -2.56. The molecular weight excluding hydrogens is 784 g/mol. The predicted octanol–water partition coefficient (Wildman–Crippen LogP) is 5.33. The molecule has 0 aromatic heterocycles. The van der Waals surface area contributed by atoms with E-state index in [9.17, 15) is 41.9 Å². The molecule has 0 N–H and O–H groups in total. The molecule has 6 unspecified atom stereocenters. The molecule has 0 aliphatic carbocycles. The van der Waals surface area contributed by atoms with Crippen LogP contribution in [-0.4, -0.2) is 108 Å². The maximum absolute atomic E-state index is 14.4. The third kappa shape index (κ3) is 11.7. The first-order chi connectivity index (χ1) is 28.2. The van der Waals surface area contributed by atoms with E-state index in [2.05, 4.69) is 0 Å². The van der Waals surface area contributed by atoms with E-state index in [0.717, 1.165) is 14.7 Å². The third-order valence-corrected chi connectivity index (χ3v) is 10.5. The van der Waals surface area contributed by atoms with Gasteiger partial charge in [0.25, 0.3) is 17.7 Å². The molecule has 0 bridgehead atoms. The molecule has 1 fully saturated rings. The van der Waals surface area contributed by atoms with Crippen LogP contribution >= 0.6 is 0 Å². The van der Waals surface area contributed by atoms with Crippen molar-refractivity contribution in [3.63, 3.8) is 0 Å². The van der Waals surface area contributed by atoms with Crippen molar-refractivity contribution >= 4 is 35.6 Å². The second kappa shape index (κ2) is 20.5. The summed E-state index contributed by atoms with van der Waals surface area (Å²) in [6.45, 7) is 9.61. The van der Waals surface area contributed by atoms with E-state index in [-0.39, 0.29) is 19.3 Å². The van der Waals surface area contributed by atoms with Crippen LogP contribution in [0.15, 0.2) is 72.8 Å². The molecule has 12 nitrogen and oxygen atoms in total. The van der Waals surface area contributed by atoms with Gasteiger partial charge in [-0.3, -0.25) is 14.4 Å². The van der Waals surface area contributed by atoms with Crippen molar-refractivity contribution in [3.05, 3.63) is 107 Å². The molecule has 4 rings (SSSR count). The summed E-state index contributed by atoms with van der Waals surface area (Å²) in [6.07, 6.45) is -5.47. The van der Waals surface area contributed by atoms with Crippen molar-refractivity contribution in [1.82, 2.24) is 14.7 Å². The van der Waals surface area contributed by atoms with Crippen LogP contribution in [-0.2, 0) is 62.2 Å². The summed E-state index contributed by atoms with van der Waals surface area (Å²) in [7, 11) is 3.85. The van der Waals surface area contributed by atoms with Gasteiger partial charge in [-0.25, -0.2) is 27.6 Å². The summed E-state index contributed by atoms with van der Waals surface area (Å²) in [6, 6.07) is 11.5. The van der Waals surface area contributed by atoms with Crippen LogP contribution in [0, 0.1) is 35.2 Å². The van der Waals surface area contributed by atoms with Crippen LogP contribution in [0.5, 0.6) is 0 Å². The number of esters is 3. The first-order valence-corrected chi connectivity index (χ1v) is 19.8. The van der Waals surface area contributed by atoms with E-state index in [1.807, 2.05) is 0 Å². The molecule has 0 radical (unpaired) electrons. The predicted molar refractivity (Wildman–Crippen MR) is 214 cm³/mol. The average Bonchev–Trinajstić information content (AvgIpc) is 3.18. The molecule has 6 atom stereocenters. The van der Waals surface area contributed by atoms with E-state index in [4.69, 9.17) is 14.2 Å². The van der Waals surface area contributed by atoms with Crippen molar-refractivity contribution in [2.24, 2.45) is 17.8 Å². The first kappa shape index (κ1) is 47.0. The normalized spacial score (nSPS) is 23.1. The van der Waals surface area contributed by atoms with Crippen LogP contribution in [0.2, 0.25) is 0 Å². The molecule has 15 heteroatoms. The van der Waals surface area contributed by atoms with Crippen molar-refractivity contribution in [3.8, 4) is 0 Å². The highest BCUT2D eigenvalue weighted by molar-refractivity contribution is 5.94. The largest absolute Gasteiger partial charge is 0.450 e. The van der Waals surface area contributed by atoms with E-state index < -0.39 is 107 Å². The topological polar surface area (TPSA) is 140 Å². The Morgan fingerprint density at radius 1 is 0.450 bits per heavy atom. The van der Waals surface area contributed by atoms with Gasteiger partial charge in [-0.2, -0.15) is 0 Å². The van der Waals surface area contributed by atoms with Crippen LogP contribution in [0.25, 0.3) is 0 Å². The van der Waals surface area contributed by atoms with Gasteiger partial charge in [-0.05, 0) is 70.8 Å². The standard InChI is InChI=1S/C45H54F3N3O9/c1-25(2)37-40(52)49(7)35(23-29-14-11-17-32(47)20-29)44(56)59-39(27(5)6)42(54)51(9)36(24-30-15-12-18-33(48)21-30)45(57)60-38(26(3)4)41(53)50(8)34(43(55)58-37)22-28-13-10-16-31(46)19-28/h10-21,25-27,34-39H,22-24H2,1-9H3. The Bertz CT molecular complexity index is 1820. The molecule has 0 spiro atoms. The molecule has 60 heavy (non-hydrogen) atoms. The van der Waals surface area contributed by atoms with E-state index in [0.29, 0.717) is 16.7 Å².